The third kappa shape index (κ3) is 3.33. The largest absolute Gasteiger partial charge is 0.488 e. The molecule has 0 aliphatic heterocycles. The Bertz CT molecular complexity index is 919. The monoisotopic (exact) mass is 379 g/mol. The van der Waals surface area contributed by atoms with Gasteiger partial charge in [0.25, 0.3) is 0 Å². The highest BCUT2D eigenvalue weighted by atomic mass is 32.1. The minimum atomic E-state index is -4.46. The molecular formula is C18H16F3N3OS. The first kappa shape index (κ1) is 17.1. The van der Waals surface area contributed by atoms with E-state index >= 15 is 0 Å². The van der Waals surface area contributed by atoms with E-state index in [4.69, 9.17) is 4.74 Å². The number of para-hydroxylation sites is 2. The van der Waals surface area contributed by atoms with Gasteiger partial charge >= 0.3 is 6.18 Å². The Hall–Kier alpha value is -2.35. The average Bonchev–Trinajstić information content (AvgIpc) is 3.26. The molecule has 3 aromatic rings. The van der Waals surface area contributed by atoms with Crippen molar-refractivity contribution in [1.82, 2.24) is 9.97 Å². The second kappa shape index (κ2) is 6.75. The lowest BCUT2D eigenvalue weighted by atomic mass is 10.2. The lowest BCUT2D eigenvalue weighted by molar-refractivity contribution is -0.136. The van der Waals surface area contributed by atoms with E-state index in [2.05, 4.69) is 15.3 Å². The van der Waals surface area contributed by atoms with Crippen LogP contribution in [0.15, 0.2) is 36.0 Å². The van der Waals surface area contributed by atoms with Crippen molar-refractivity contribution in [2.24, 2.45) is 0 Å². The number of hydrogen-bond donors (Lipinski definition) is 1. The predicted octanol–water partition coefficient (Wildman–Crippen LogP) is 5.78. The van der Waals surface area contributed by atoms with Crippen LogP contribution in [0.2, 0.25) is 0 Å². The Balaban J connectivity index is 1.71. The molecule has 0 atom stereocenters. The van der Waals surface area contributed by atoms with Gasteiger partial charge in [0.15, 0.2) is 0 Å². The van der Waals surface area contributed by atoms with Gasteiger partial charge in [-0.3, -0.25) is 0 Å². The van der Waals surface area contributed by atoms with Gasteiger partial charge in [0, 0.05) is 5.38 Å². The second-order valence-electron chi connectivity index (χ2n) is 6.20. The summed E-state index contributed by atoms with van der Waals surface area (Å²) < 4.78 is 46.0. The van der Waals surface area contributed by atoms with Gasteiger partial charge in [-0.05, 0) is 37.8 Å². The zero-order valence-corrected chi connectivity index (χ0v) is 14.5. The van der Waals surface area contributed by atoms with Crippen LogP contribution in [0.3, 0.4) is 0 Å². The summed E-state index contributed by atoms with van der Waals surface area (Å²) in [5, 5.41) is 4.08. The first-order valence-electron chi connectivity index (χ1n) is 8.34. The molecule has 2 heterocycles. The van der Waals surface area contributed by atoms with Crippen molar-refractivity contribution in [3.05, 3.63) is 41.5 Å². The molecule has 1 aliphatic rings. The van der Waals surface area contributed by atoms with E-state index < -0.39 is 11.7 Å². The first-order chi connectivity index (χ1) is 12.5. The number of alkyl halides is 3. The minimum Gasteiger partial charge on any atom is -0.488 e. The fourth-order valence-electron chi connectivity index (χ4n) is 3.16. The number of aromatic nitrogens is 2. The Labute approximate surface area is 152 Å². The summed E-state index contributed by atoms with van der Waals surface area (Å²) in [4.78, 5) is 8.31. The molecule has 0 spiro atoms. The van der Waals surface area contributed by atoms with Crippen molar-refractivity contribution in [2.75, 3.05) is 5.32 Å². The number of nitrogens with zero attached hydrogens (tertiary/aromatic N) is 2. The standard InChI is InChI=1S/C18H16F3N3OS/c19-18(20,21)12-9-26-17-15(12)16(22-10-23-17)24-13-7-3-4-8-14(13)25-11-5-1-2-6-11/h3-4,7-11H,1-2,5-6H2,(H,22,23,24). The van der Waals surface area contributed by atoms with Crippen molar-refractivity contribution in [2.45, 2.75) is 38.0 Å². The molecule has 0 amide bonds. The fraction of sp³-hybridized carbons (Fsp3) is 0.333. The van der Waals surface area contributed by atoms with Gasteiger partial charge in [0.2, 0.25) is 0 Å². The second-order valence-corrected chi connectivity index (χ2v) is 7.05. The van der Waals surface area contributed by atoms with Gasteiger partial charge in [-0.2, -0.15) is 13.2 Å². The number of halogens is 3. The molecule has 8 heteroatoms. The summed E-state index contributed by atoms with van der Waals surface area (Å²) >= 11 is 0.954. The van der Waals surface area contributed by atoms with Gasteiger partial charge in [0.1, 0.15) is 22.7 Å². The molecule has 0 unspecified atom stereocenters. The molecule has 1 saturated carbocycles. The van der Waals surface area contributed by atoms with Crippen LogP contribution in [0.1, 0.15) is 31.2 Å². The number of hydrogen-bond acceptors (Lipinski definition) is 5. The van der Waals surface area contributed by atoms with Crippen LogP contribution in [-0.2, 0) is 6.18 Å². The van der Waals surface area contributed by atoms with E-state index in [9.17, 15) is 13.2 Å². The number of nitrogens with one attached hydrogen (secondary N) is 1. The summed E-state index contributed by atoms with van der Waals surface area (Å²) in [6, 6.07) is 7.24. The highest BCUT2D eigenvalue weighted by molar-refractivity contribution is 7.17. The topological polar surface area (TPSA) is 47.0 Å². The van der Waals surface area contributed by atoms with Crippen LogP contribution < -0.4 is 10.1 Å². The fourth-order valence-corrected chi connectivity index (χ4v) is 4.08. The lowest BCUT2D eigenvalue weighted by Crippen LogP contribution is -2.12. The number of anilines is 2. The molecule has 1 aromatic carbocycles. The summed E-state index contributed by atoms with van der Waals surface area (Å²) in [7, 11) is 0. The number of ether oxygens (including phenoxy) is 1. The van der Waals surface area contributed by atoms with E-state index in [1.54, 1.807) is 12.1 Å². The lowest BCUT2D eigenvalue weighted by Gasteiger charge is -2.17. The molecule has 0 saturated heterocycles. The van der Waals surface area contributed by atoms with Crippen LogP contribution in [0.5, 0.6) is 5.75 Å². The maximum absolute atomic E-state index is 13.3. The van der Waals surface area contributed by atoms with E-state index in [1.165, 1.54) is 6.33 Å². The summed E-state index contributed by atoms with van der Waals surface area (Å²) in [5.74, 6) is 0.751. The van der Waals surface area contributed by atoms with Crippen LogP contribution in [0, 0.1) is 0 Å². The molecule has 26 heavy (non-hydrogen) atoms. The highest BCUT2D eigenvalue weighted by Crippen LogP contribution is 2.41. The maximum atomic E-state index is 13.3. The van der Waals surface area contributed by atoms with Gasteiger partial charge in [-0.15, -0.1) is 11.3 Å². The van der Waals surface area contributed by atoms with Crippen LogP contribution in [0.25, 0.3) is 10.2 Å². The van der Waals surface area contributed by atoms with Crippen molar-refractivity contribution >= 4 is 33.1 Å². The van der Waals surface area contributed by atoms with Gasteiger partial charge in [-0.1, -0.05) is 12.1 Å². The zero-order valence-electron chi connectivity index (χ0n) is 13.7. The molecule has 136 valence electrons. The van der Waals surface area contributed by atoms with Crippen molar-refractivity contribution in [3.63, 3.8) is 0 Å². The predicted molar refractivity (Wildman–Crippen MR) is 95.0 cm³/mol. The van der Waals surface area contributed by atoms with Crippen LogP contribution in [0.4, 0.5) is 24.7 Å². The molecule has 1 N–H and O–H groups in total. The third-order valence-corrected chi connectivity index (χ3v) is 5.30. The first-order valence-corrected chi connectivity index (χ1v) is 9.22. The van der Waals surface area contributed by atoms with Gasteiger partial charge in [0.05, 0.1) is 22.7 Å². The Morgan fingerprint density at radius 1 is 1.12 bits per heavy atom. The van der Waals surface area contributed by atoms with E-state index in [0.717, 1.165) is 42.4 Å². The SMILES string of the molecule is FC(F)(F)c1csc2ncnc(Nc3ccccc3OC3CCCC3)c12. The molecule has 4 rings (SSSR count). The van der Waals surface area contributed by atoms with Crippen molar-refractivity contribution in [1.29, 1.82) is 0 Å². The van der Waals surface area contributed by atoms with E-state index in [0.29, 0.717) is 16.3 Å². The van der Waals surface area contributed by atoms with Gasteiger partial charge < -0.3 is 10.1 Å². The van der Waals surface area contributed by atoms with Gasteiger partial charge in [-0.25, -0.2) is 9.97 Å². The number of rotatable bonds is 4. The van der Waals surface area contributed by atoms with Crippen molar-refractivity contribution < 1.29 is 17.9 Å². The normalized spacial score (nSPS) is 15.5. The van der Waals surface area contributed by atoms with Crippen LogP contribution >= 0.6 is 11.3 Å². The molecule has 0 bridgehead atoms. The number of thiophene rings is 1. The van der Waals surface area contributed by atoms with E-state index in [-0.39, 0.29) is 17.3 Å². The Morgan fingerprint density at radius 3 is 2.65 bits per heavy atom. The van der Waals surface area contributed by atoms with Crippen molar-refractivity contribution in [3.8, 4) is 5.75 Å². The number of benzene rings is 1. The highest BCUT2D eigenvalue weighted by Gasteiger charge is 2.35. The van der Waals surface area contributed by atoms with Crippen LogP contribution in [-0.4, -0.2) is 16.1 Å². The quantitative estimate of drug-likeness (QED) is 0.625. The molecular weight excluding hydrogens is 363 g/mol. The Morgan fingerprint density at radius 2 is 1.88 bits per heavy atom. The molecule has 4 nitrogen and oxygen atoms in total. The van der Waals surface area contributed by atoms with E-state index in [1.807, 2.05) is 12.1 Å². The molecule has 2 aromatic heterocycles. The zero-order chi connectivity index (χ0) is 18.1. The summed E-state index contributed by atoms with van der Waals surface area (Å²) in [6.07, 6.45) is 1.22. The molecule has 0 radical (unpaired) electrons. The maximum Gasteiger partial charge on any atom is 0.418 e. The smallest absolute Gasteiger partial charge is 0.418 e. The third-order valence-electron chi connectivity index (χ3n) is 4.41. The Kier molecular flexibility index (Phi) is 4.44. The molecule has 1 fully saturated rings. The average molecular weight is 379 g/mol. The molecule has 1 aliphatic carbocycles. The number of fused-ring (bicyclic) bond motifs is 1. The summed E-state index contributed by atoms with van der Waals surface area (Å²) in [5.41, 5.74) is -0.131. The minimum absolute atomic E-state index is 0.0133. The summed E-state index contributed by atoms with van der Waals surface area (Å²) in [6.45, 7) is 0.